The smallest absolute Gasteiger partial charge is 0.210 e. The molecular weight excluding hydrogens is 152 g/mol. The fourth-order valence-corrected chi connectivity index (χ4v) is 1.63. The van der Waals surface area contributed by atoms with E-state index >= 15 is 0 Å². The zero-order valence-corrected chi connectivity index (χ0v) is 6.46. The molecule has 0 unspecified atom stereocenters. The van der Waals surface area contributed by atoms with E-state index in [0.717, 1.165) is 18.6 Å². The molecule has 1 heterocycles. The summed E-state index contributed by atoms with van der Waals surface area (Å²) in [6.45, 7) is 0. The van der Waals surface area contributed by atoms with Gasteiger partial charge in [0, 0.05) is 0 Å². The zero-order chi connectivity index (χ0) is 8.18. The van der Waals surface area contributed by atoms with Crippen LogP contribution in [-0.2, 0) is 0 Å². The van der Waals surface area contributed by atoms with Crippen LogP contribution in [0.4, 0.5) is 0 Å². The minimum Gasteiger partial charge on any atom is -0.478 e. The standard InChI is InChI=1S/C10H7O2/c11-9-7-3-1-2-4-8(7)12-10(9)5-6-10/h2-4H,5-6H2. The van der Waals surface area contributed by atoms with E-state index in [0.29, 0.717) is 5.56 Å². The van der Waals surface area contributed by atoms with Crippen LogP contribution in [0, 0.1) is 6.07 Å². The minimum atomic E-state index is -0.447. The first-order valence-corrected chi connectivity index (χ1v) is 4.06. The first-order valence-electron chi connectivity index (χ1n) is 4.06. The molecule has 2 nitrogen and oxygen atoms in total. The van der Waals surface area contributed by atoms with Gasteiger partial charge in [-0.3, -0.25) is 4.79 Å². The molecule has 2 heteroatoms. The van der Waals surface area contributed by atoms with E-state index in [1.54, 1.807) is 18.2 Å². The van der Waals surface area contributed by atoms with E-state index in [2.05, 4.69) is 6.07 Å². The molecule has 1 aliphatic heterocycles. The lowest BCUT2D eigenvalue weighted by Crippen LogP contribution is -2.21. The average molecular weight is 159 g/mol. The first-order chi connectivity index (χ1) is 5.82. The largest absolute Gasteiger partial charge is 0.478 e. The molecule has 1 radical (unpaired) electrons. The number of hydrogen-bond acceptors (Lipinski definition) is 2. The SMILES string of the molecule is O=C1c2c[c]ccc2OC12CC2. The summed E-state index contributed by atoms with van der Waals surface area (Å²) in [6.07, 6.45) is 1.75. The molecule has 2 aliphatic rings. The van der Waals surface area contributed by atoms with Crippen molar-refractivity contribution in [3.63, 3.8) is 0 Å². The fraction of sp³-hybridized carbons (Fsp3) is 0.300. The summed E-state index contributed by atoms with van der Waals surface area (Å²) in [5.74, 6) is 0.880. The van der Waals surface area contributed by atoms with Crippen LogP contribution in [0.2, 0.25) is 0 Å². The Labute approximate surface area is 70.2 Å². The van der Waals surface area contributed by atoms with Gasteiger partial charge in [-0.25, -0.2) is 0 Å². The van der Waals surface area contributed by atoms with Gasteiger partial charge in [0.05, 0.1) is 5.56 Å². The van der Waals surface area contributed by atoms with E-state index in [4.69, 9.17) is 4.74 Å². The Morgan fingerprint density at radius 3 is 3.00 bits per heavy atom. The van der Waals surface area contributed by atoms with Crippen molar-refractivity contribution in [3.05, 3.63) is 29.8 Å². The van der Waals surface area contributed by atoms with Gasteiger partial charge in [0.25, 0.3) is 0 Å². The summed E-state index contributed by atoms with van der Waals surface area (Å²) in [6, 6.07) is 8.18. The van der Waals surface area contributed by atoms with E-state index < -0.39 is 5.60 Å². The molecule has 0 N–H and O–H groups in total. The molecule has 0 bridgehead atoms. The van der Waals surface area contributed by atoms with Gasteiger partial charge in [-0.05, 0) is 31.0 Å². The number of ketones is 1. The number of ether oxygens (including phenoxy) is 1. The van der Waals surface area contributed by atoms with Gasteiger partial charge in [0.15, 0.2) is 5.60 Å². The third kappa shape index (κ3) is 0.583. The van der Waals surface area contributed by atoms with Gasteiger partial charge in [0.2, 0.25) is 5.78 Å². The quantitative estimate of drug-likeness (QED) is 0.574. The minimum absolute atomic E-state index is 0.148. The van der Waals surface area contributed by atoms with Crippen molar-refractivity contribution in [2.24, 2.45) is 0 Å². The Kier molecular flexibility index (Phi) is 0.888. The van der Waals surface area contributed by atoms with Crippen molar-refractivity contribution < 1.29 is 9.53 Å². The number of Topliss-reactive ketones (excluding diaryl/α,β-unsaturated/α-hetero) is 1. The number of rotatable bonds is 0. The lowest BCUT2D eigenvalue weighted by Gasteiger charge is -2.03. The molecule has 0 atom stereocenters. The monoisotopic (exact) mass is 159 g/mol. The molecule has 1 aromatic carbocycles. The Hall–Kier alpha value is -1.31. The second kappa shape index (κ2) is 1.71. The van der Waals surface area contributed by atoms with Gasteiger partial charge in [-0.2, -0.15) is 0 Å². The number of benzene rings is 1. The van der Waals surface area contributed by atoms with E-state index in [1.807, 2.05) is 0 Å². The molecule has 0 saturated heterocycles. The first kappa shape index (κ1) is 6.23. The van der Waals surface area contributed by atoms with Crippen molar-refractivity contribution in [2.75, 3.05) is 0 Å². The maximum absolute atomic E-state index is 11.6. The third-order valence-electron chi connectivity index (χ3n) is 2.49. The normalized spacial score (nSPS) is 22.2. The topological polar surface area (TPSA) is 26.3 Å². The van der Waals surface area contributed by atoms with Crippen molar-refractivity contribution in [3.8, 4) is 5.75 Å². The number of fused-ring (bicyclic) bond motifs is 1. The maximum Gasteiger partial charge on any atom is 0.210 e. The van der Waals surface area contributed by atoms with Gasteiger partial charge in [-0.15, -0.1) is 0 Å². The molecule has 1 aromatic rings. The molecule has 3 rings (SSSR count). The summed E-state index contributed by atoms with van der Waals surface area (Å²) < 4.78 is 5.55. The van der Waals surface area contributed by atoms with Crippen molar-refractivity contribution in [1.29, 1.82) is 0 Å². The predicted molar refractivity (Wildman–Crippen MR) is 42.2 cm³/mol. The Bertz CT molecular complexity index is 364. The lowest BCUT2D eigenvalue weighted by atomic mass is 10.1. The fourth-order valence-electron chi connectivity index (χ4n) is 1.63. The number of carbonyl (C=O) groups excluding carboxylic acids is 1. The van der Waals surface area contributed by atoms with Crippen molar-refractivity contribution >= 4 is 5.78 Å². The molecular formula is C10H7O2. The Morgan fingerprint density at radius 2 is 2.33 bits per heavy atom. The highest BCUT2D eigenvalue weighted by Gasteiger charge is 2.57. The summed E-state index contributed by atoms with van der Waals surface area (Å²) >= 11 is 0. The van der Waals surface area contributed by atoms with Gasteiger partial charge in [0.1, 0.15) is 5.75 Å². The summed E-state index contributed by atoms with van der Waals surface area (Å²) in [5, 5.41) is 0. The van der Waals surface area contributed by atoms with Crippen LogP contribution in [0.5, 0.6) is 5.75 Å². The summed E-state index contributed by atoms with van der Waals surface area (Å²) in [4.78, 5) is 11.6. The second-order valence-electron chi connectivity index (χ2n) is 3.35. The lowest BCUT2D eigenvalue weighted by molar-refractivity contribution is 0.0820. The molecule has 0 amide bonds. The van der Waals surface area contributed by atoms with Crippen LogP contribution in [0.25, 0.3) is 0 Å². The van der Waals surface area contributed by atoms with Gasteiger partial charge in [-0.1, -0.05) is 6.07 Å². The predicted octanol–water partition coefficient (Wildman–Crippen LogP) is 1.59. The Morgan fingerprint density at radius 1 is 1.50 bits per heavy atom. The Balaban J connectivity index is 2.19. The highest BCUT2D eigenvalue weighted by atomic mass is 16.5. The molecule has 1 aliphatic carbocycles. The van der Waals surface area contributed by atoms with Crippen LogP contribution in [0.1, 0.15) is 23.2 Å². The third-order valence-corrected chi connectivity index (χ3v) is 2.49. The molecule has 1 saturated carbocycles. The number of hydrogen-bond donors (Lipinski definition) is 0. The van der Waals surface area contributed by atoms with Gasteiger partial charge >= 0.3 is 0 Å². The molecule has 59 valence electrons. The molecule has 12 heavy (non-hydrogen) atoms. The average Bonchev–Trinajstić information content (AvgIpc) is 2.79. The summed E-state index contributed by atoms with van der Waals surface area (Å²) in [5.41, 5.74) is 0.257. The highest BCUT2D eigenvalue weighted by Crippen LogP contribution is 2.49. The summed E-state index contributed by atoms with van der Waals surface area (Å²) in [7, 11) is 0. The van der Waals surface area contributed by atoms with E-state index in [9.17, 15) is 4.79 Å². The van der Waals surface area contributed by atoms with E-state index in [1.165, 1.54) is 0 Å². The molecule has 1 spiro atoms. The molecule has 0 aromatic heterocycles. The van der Waals surface area contributed by atoms with Crippen LogP contribution in [0.3, 0.4) is 0 Å². The van der Waals surface area contributed by atoms with Crippen molar-refractivity contribution in [2.45, 2.75) is 18.4 Å². The second-order valence-corrected chi connectivity index (χ2v) is 3.35. The van der Waals surface area contributed by atoms with Crippen molar-refractivity contribution in [1.82, 2.24) is 0 Å². The van der Waals surface area contributed by atoms with Crippen LogP contribution < -0.4 is 4.74 Å². The highest BCUT2D eigenvalue weighted by molar-refractivity contribution is 6.09. The maximum atomic E-state index is 11.6. The number of carbonyl (C=O) groups is 1. The van der Waals surface area contributed by atoms with Gasteiger partial charge < -0.3 is 4.74 Å². The van der Waals surface area contributed by atoms with Crippen LogP contribution in [0.15, 0.2) is 18.2 Å². The zero-order valence-electron chi connectivity index (χ0n) is 6.46. The van der Waals surface area contributed by atoms with Crippen LogP contribution >= 0.6 is 0 Å². The molecule has 1 fully saturated rings. The van der Waals surface area contributed by atoms with E-state index in [-0.39, 0.29) is 5.78 Å². The van der Waals surface area contributed by atoms with Crippen LogP contribution in [-0.4, -0.2) is 11.4 Å².